The van der Waals surface area contributed by atoms with Crippen molar-refractivity contribution in [1.29, 1.82) is 0 Å². The number of amides is 1. The molecule has 0 unspecified atom stereocenters. The molecule has 4 rings (SSSR count). The van der Waals surface area contributed by atoms with E-state index in [4.69, 9.17) is 14.5 Å². The maximum Gasteiger partial charge on any atom is 0.348 e. The molecule has 2 aromatic carbocycles. The summed E-state index contributed by atoms with van der Waals surface area (Å²) in [6.07, 6.45) is -0.719. The summed E-state index contributed by atoms with van der Waals surface area (Å²) in [6.45, 7) is 12.5. The normalized spacial score (nSPS) is 11.2. The van der Waals surface area contributed by atoms with Crippen LogP contribution in [0.5, 0.6) is 0 Å². The van der Waals surface area contributed by atoms with E-state index >= 15 is 0 Å². The van der Waals surface area contributed by atoms with Crippen molar-refractivity contribution in [3.63, 3.8) is 0 Å². The molecule has 0 spiro atoms. The lowest BCUT2D eigenvalue weighted by Gasteiger charge is -2.15. The summed E-state index contributed by atoms with van der Waals surface area (Å²) in [5.74, 6) is -1.59. The molecule has 0 radical (unpaired) electrons. The maximum absolute atomic E-state index is 14.0. The number of hydrogen-bond donors (Lipinski definition) is 1. The molecule has 2 heterocycles. The van der Waals surface area contributed by atoms with E-state index in [1.54, 1.807) is 34.6 Å². The predicted molar refractivity (Wildman–Crippen MR) is 155 cm³/mol. The number of benzene rings is 2. The Balaban J connectivity index is 1.84. The molecule has 0 fully saturated rings. The number of nitrogens with zero attached hydrogens (tertiary/aromatic N) is 1. The first-order valence-corrected chi connectivity index (χ1v) is 13.6. The Morgan fingerprint density at radius 2 is 1.41 bits per heavy atom. The fourth-order valence-electron chi connectivity index (χ4n) is 4.34. The van der Waals surface area contributed by atoms with Gasteiger partial charge in [0.15, 0.2) is 0 Å². The van der Waals surface area contributed by atoms with Crippen LogP contribution in [0.3, 0.4) is 0 Å². The van der Waals surface area contributed by atoms with Crippen molar-refractivity contribution in [2.75, 3.05) is 5.32 Å². The topological polar surface area (TPSA) is 94.6 Å². The summed E-state index contributed by atoms with van der Waals surface area (Å²) >= 11 is 1.01. The summed E-state index contributed by atoms with van der Waals surface area (Å²) < 4.78 is 10.8. The third-order valence-corrected chi connectivity index (χ3v) is 7.32. The summed E-state index contributed by atoms with van der Waals surface area (Å²) in [5, 5.41) is 3.83. The number of anilines is 1. The van der Waals surface area contributed by atoms with Gasteiger partial charge in [0.25, 0.3) is 5.91 Å². The predicted octanol–water partition coefficient (Wildman–Crippen LogP) is 7.27. The highest BCUT2D eigenvalue weighted by Crippen LogP contribution is 2.36. The van der Waals surface area contributed by atoms with E-state index in [1.807, 2.05) is 62.4 Å². The van der Waals surface area contributed by atoms with Gasteiger partial charge in [-0.05, 0) is 65.7 Å². The monoisotopic (exact) mass is 544 g/mol. The van der Waals surface area contributed by atoms with Gasteiger partial charge in [0.1, 0.15) is 9.88 Å². The minimum Gasteiger partial charge on any atom is -0.459 e. The van der Waals surface area contributed by atoms with Gasteiger partial charge in [0, 0.05) is 10.9 Å². The van der Waals surface area contributed by atoms with Crippen molar-refractivity contribution in [2.24, 2.45) is 0 Å². The van der Waals surface area contributed by atoms with Crippen LogP contribution in [0.25, 0.3) is 22.2 Å². The van der Waals surface area contributed by atoms with Gasteiger partial charge in [-0.1, -0.05) is 48.0 Å². The quantitative estimate of drug-likeness (QED) is 0.246. The Kier molecular flexibility index (Phi) is 8.16. The second kappa shape index (κ2) is 11.4. The molecule has 1 amide bonds. The number of esters is 2. The number of para-hydroxylation sites is 1. The summed E-state index contributed by atoms with van der Waals surface area (Å²) in [7, 11) is 0. The molecule has 0 bridgehead atoms. The molecule has 0 aliphatic rings. The Hall–Kier alpha value is -4.04. The van der Waals surface area contributed by atoms with Crippen molar-refractivity contribution >= 4 is 45.1 Å². The first-order valence-electron chi connectivity index (χ1n) is 12.8. The van der Waals surface area contributed by atoms with Gasteiger partial charge in [-0.3, -0.25) is 4.79 Å². The van der Waals surface area contributed by atoms with Gasteiger partial charge >= 0.3 is 11.9 Å². The van der Waals surface area contributed by atoms with Gasteiger partial charge in [0.05, 0.1) is 34.5 Å². The third kappa shape index (κ3) is 5.86. The van der Waals surface area contributed by atoms with Gasteiger partial charge in [-0.25, -0.2) is 14.6 Å². The number of aryl methyl sites for hydroxylation is 1. The summed E-state index contributed by atoms with van der Waals surface area (Å²) in [5.41, 5.74) is 5.08. The number of aromatic nitrogens is 1. The first kappa shape index (κ1) is 28.0. The number of carbonyl (C=O) groups is 3. The molecule has 8 heteroatoms. The van der Waals surface area contributed by atoms with Crippen LogP contribution in [0.15, 0.2) is 48.5 Å². The molecular formula is C31H32N2O5S. The van der Waals surface area contributed by atoms with Crippen molar-refractivity contribution in [3.05, 3.63) is 81.2 Å². The Morgan fingerprint density at radius 1 is 0.795 bits per heavy atom. The lowest BCUT2D eigenvalue weighted by Crippen LogP contribution is -2.18. The second-order valence-corrected chi connectivity index (χ2v) is 11.0. The van der Waals surface area contributed by atoms with Crippen molar-refractivity contribution in [2.45, 2.75) is 60.7 Å². The minimum atomic E-state index is -0.616. The van der Waals surface area contributed by atoms with Crippen LogP contribution in [0.2, 0.25) is 0 Å². The molecule has 2 aromatic heterocycles. The van der Waals surface area contributed by atoms with Crippen LogP contribution in [0.1, 0.15) is 74.8 Å². The highest BCUT2D eigenvalue weighted by atomic mass is 32.1. The molecule has 0 aliphatic carbocycles. The van der Waals surface area contributed by atoms with Crippen LogP contribution in [0, 0.1) is 20.8 Å². The molecule has 4 aromatic rings. The number of fused-ring (bicyclic) bond motifs is 1. The molecule has 1 N–H and O–H groups in total. The molecule has 0 saturated heterocycles. The van der Waals surface area contributed by atoms with Crippen LogP contribution < -0.4 is 5.32 Å². The maximum atomic E-state index is 14.0. The zero-order valence-electron chi connectivity index (χ0n) is 23.2. The van der Waals surface area contributed by atoms with Gasteiger partial charge in [0.2, 0.25) is 0 Å². The van der Waals surface area contributed by atoms with E-state index in [9.17, 15) is 14.4 Å². The van der Waals surface area contributed by atoms with E-state index in [1.165, 1.54) is 0 Å². The van der Waals surface area contributed by atoms with Gasteiger partial charge in [-0.15, -0.1) is 11.3 Å². The standard InChI is InChI=1S/C31H32N2O5S/c1-16(2)37-30(35)25-20(7)27(31(36)38-17(3)4)39-29(25)33-28(34)24-19(6)26(21-14-12-18(5)13-15-21)32-23-11-9-8-10-22(23)24/h8-17H,1-7H3,(H,33,34). The third-order valence-electron chi connectivity index (χ3n) is 6.14. The second-order valence-electron chi connectivity index (χ2n) is 9.97. The average Bonchev–Trinajstić information content (AvgIpc) is 3.19. The number of ether oxygens (including phenoxy) is 2. The number of rotatable bonds is 7. The smallest absolute Gasteiger partial charge is 0.348 e. The molecular weight excluding hydrogens is 512 g/mol. The lowest BCUT2D eigenvalue weighted by atomic mass is 9.96. The van der Waals surface area contributed by atoms with Gasteiger partial charge < -0.3 is 14.8 Å². The molecule has 39 heavy (non-hydrogen) atoms. The minimum absolute atomic E-state index is 0.146. The van der Waals surface area contributed by atoms with Gasteiger partial charge in [-0.2, -0.15) is 0 Å². The van der Waals surface area contributed by atoms with Crippen molar-refractivity contribution < 1.29 is 23.9 Å². The Bertz CT molecular complexity index is 1570. The molecule has 0 aliphatic heterocycles. The first-order chi connectivity index (χ1) is 18.5. The summed E-state index contributed by atoms with van der Waals surface area (Å²) in [4.78, 5) is 45.0. The molecule has 202 valence electrons. The van der Waals surface area contributed by atoms with E-state index in [-0.39, 0.29) is 27.6 Å². The number of pyridine rings is 1. The SMILES string of the molecule is Cc1ccc(-c2nc3ccccc3c(C(=O)Nc3sc(C(=O)OC(C)C)c(C)c3C(=O)OC(C)C)c2C)cc1. The zero-order chi connectivity index (χ0) is 28.4. The largest absolute Gasteiger partial charge is 0.459 e. The lowest BCUT2D eigenvalue weighted by molar-refractivity contribution is 0.0378. The van der Waals surface area contributed by atoms with E-state index in [0.29, 0.717) is 33.3 Å². The van der Waals surface area contributed by atoms with Crippen molar-refractivity contribution in [3.8, 4) is 11.3 Å². The van der Waals surface area contributed by atoms with E-state index < -0.39 is 17.8 Å². The van der Waals surface area contributed by atoms with E-state index in [0.717, 1.165) is 22.5 Å². The van der Waals surface area contributed by atoms with Crippen LogP contribution in [-0.4, -0.2) is 35.0 Å². The number of hydrogen-bond acceptors (Lipinski definition) is 7. The number of carbonyl (C=O) groups excluding carboxylic acids is 3. The molecule has 0 saturated carbocycles. The van der Waals surface area contributed by atoms with Crippen LogP contribution >= 0.6 is 11.3 Å². The van der Waals surface area contributed by atoms with Crippen molar-refractivity contribution in [1.82, 2.24) is 4.98 Å². The zero-order valence-corrected chi connectivity index (χ0v) is 24.0. The van der Waals surface area contributed by atoms with Crippen LogP contribution in [-0.2, 0) is 9.47 Å². The number of thiophene rings is 1. The molecule has 7 nitrogen and oxygen atoms in total. The fourth-order valence-corrected chi connectivity index (χ4v) is 5.41. The highest BCUT2D eigenvalue weighted by molar-refractivity contribution is 7.18. The highest BCUT2D eigenvalue weighted by Gasteiger charge is 2.29. The summed E-state index contributed by atoms with van der Waals surface area (Å²) in [6, 6.07) is 15.4. The Labute approximate surface area is 232 Å². The number of nitrogens with one attached hydrogen (secondary N) is 1. The van der Waals surface area contributed by atoms with E-state index in [2.05, 4.69) is 5.32 Å². The Morgan fingerprint density at radius 3 is 2.05 bits per heavy atom. The molecule has 0 atom stereocenters. The van der Waals surface area contributed by atoms with Crippen LogP contribution in [0.4, 0.5) is 5.00 Å². The average molecular weight is 545 g/mol. The fraction of sp³-hybridized carbons (Fsp3) is 0.290.